The van der Waals surface area contributed by atoms with Gasteiger partial charge in [-0.15, -0.1) is 0 Å². The van der Waals surface area contributed by atoms with Crippen LogP contribution < -0.4 is 0 Å². The summed E-state index contributed by atoms with van der Waals surface area (Å²) in [5, 5.41) is 0. The summed E-state index contributed by atoms with van der Waals surface area (Å²) in [5.74, 6) is -0.0830. The molecule has 1 rings (SSSR count). The monoisotopic (exact) mass is 270 g/mol. The molecule has 0 aromatic carbocycles. The highest BCUT2D eigenvalue weighted by Crippen LogP contribution is 2.48. The fraction of sp³-hybridized carbons (Fsp3) is 0.909. The van der Waals surface area contributed by atoms with E-state index in [2.05, 4.69) is 20.8 Å². The first-order valence-electron chi connectivity index (χ1n) is 5.27. The molecule has 0 bridgehead atoms. The molecule has 0 spiro atoms. The van der Waals surface area contributed by atoms with Crippen molar-refractivity contribution in [3.63, 3.8) is 0 Å². The van der Waals surface area contributed by atoms with E-state index < -0.39 is 3.79 Å². The lowest BCUT2D eigenvalue weighted by molar-refractivity contribution is -0.129. The summed E-state index contributed by atoms with van der Waals surface area (Å²) >= 11 is 17.1. The molecule has 4 heteroatoms. The third-order valence-electron chi connectivity index (χ3n) is 3.45. The van der Waals surface area contributed by atoms with E-state index in [1.54, 1.807) is 0 Å². The molecule has 1 saturated carbocycles. The predicted octanol–water partition coefficient (Wildman–Crippen LogP) is 4.39. The molecular weight excluding hydrogens is 254 g/mol. The number of rotatable bonds is 1. The molecular formula is C11H17Cl3O. The largest absolute Gasteiger partial charge is 0.295 e. The first-order chi connectivity index (χ1) is 6.66. The third kappa shape index (κ3) is 3.01. The van der Waals surface area contributed by atoms with Gasteiger partial charge in [0.05, 0.1) is 0 Å². The maximum Gasteiger partial charge on any atom is 0.249 e. The SMILES string of the molecule is C[C@H]1CCCC(C)(C)[C@@H]1C(=O)C(Cl)(Cl)Cl. The third-order valence-corrected chi connectivity index (χ3v) is 4.01. The van der Waals surface area contributed by atoms with Crippen molar-refractivity contribution in [3.05, 3.63) is 0 Å². The number of Topliss-reactive ketones (excluding diaryl/α,β-unsaturated/α-hetero) is 1. The fourth-order valence-electron chi connectivity index (χ4n) is 2.76. The summed E-state index contributed by atoms with van der Waals surface area (Å²) in [6.45, 7) is 6.24. The highest BCUT2D eigenvalue weighted by atomic mass is 35.6. The number of ketones is 1. The van der Waals surface area contributed by atoms with Crippen LogP contribution in [-0.4, -0.2) is 9.58 Å². The Balaban J connectivity index is 2.94. The van der Waals surface area contributed by atoms with E-state index in [9.17, 15) is 4.79 Å². The number of halogens is 3. The van der Waals surface area contributed by atoms with Crippen LogP contribution >= 0.6 is 34.8 Å². The minimum absolute atomic E-state index is 0.0569. The summed E-state index contributed by atoms with van der Waals surface area (Å²) < 4.78 is -1.77. The number of carbonyl (C=O) groups is 1. The Morgan fingerprint density at radius 3 is 2.27 bits per heavy atom. The maximum absolute atomic E-state index is 12.0. The molecule has 0 aromatic rings. The molecule has 15 heavy (non-hydrogen) atoms. The Kier molecular flexibility index (Phi) is 4.01. The number of alkyl halides is 3. The second-order valence-corrected chi connectivity index (χ2v) is 7.48. The zero-order chi connectivity index (χ0) is 11.9. The van der Waals surface area contributed by atoms with Crippen LogP contribution in [0.5, 0.6) is 0 Å². The van der Waals surface area contributed by atoms with E-state index in [-0.39, 0.29) is 17.1 Å². The first kappa shape index (κ1) is 13.6. The van der Waals surface area contributed by atoms with Crippen molar-refractivity contribution < 1.29 is 4.79 Å². The van der Waals surface area contributed by atoms with Gasteiger partial charge in [-0.2, -0.15) is 0 Å². The summed E-state index contributed by atoms with van der Waals surface area (Å²) in [4.78, 5) is 12.0. The van der Waals surface area contributed by atoms with E-state index in [1.165, 1.54) is 0 Å². The number of hydrogen-bond donors (Lipinski definition) is 0. The first-order valence-corrected chi connectivity index (χ1v) is 6.40. The van der Waals surface area contributed by atoms with Gasteiger partial charge in [-0.25, -0.2) is 0 Å². The van der Waals surface area contributed by atoms with Crippen LogP contribution in [0.3, 0.4) is 0 Å². The topological polar surface area (TPSA) is 17.1 Å². The lowest BCUT2D eigenvalue weighted by atomic mass is 9.63. The van der Waals surface area contributed by atoms with Crippen molar-refractivity contribution in [1.82, 2.24) is 0 Å². The zero-order valence-corrected chi connectivity index (χ0v) is 11.6. The average molecular weight is 272 g/mol. The predicted molar refractivity (Wildman–Crippen MR) is 65.6 cm³/mol. The minimum Gasteiger partial charge on any atom is -0.295 e. The second-order valence-electron chi connectivity index (χ2n) is 5.20. The normalized spacial score (nSPS) is 31.3. The summed E-state index contributed by atoms with van der Waals surface area (Å²) in [7, 11) is 0. The zero-order valence-electron chi connectivity index (χ0n) is 9.32. The number of carbonyl (C=O) groups excluding carboxylic acids is 1. The Bertz CT molecular complexity index is 255. The molecule has 0 heterocycles. The highest BCUT2D eigenvalue weighted by Gasteiger charge is 2.47. The Labute approximate surface area is 106 Å². The molecule has 2 atom stereocenters. The van der Waals surface area contributed by atoms with Gasteiger partial charge >= 0.3 is 0 Å². The molecule has 0 N–H and O–H groups in total. The van der Waals surface area contributed by atoms with Gasteiger partial charge in [-0.05, 0) is 24.2 Å². The van der Waals surface area contributed by atoms with Crippen molar-refractivity contribution in [1.29, 1.82) is 0 Å². The summed E-state index contributed by atoms with van der Waals surface area (Å²) in [5.41, 5.74) is -0.0569. The molecule has 1 fully saturated rings. The lowest BCUT2D eigenvalue weighted by Crippen LogP contribution is -2.43. The van der Waals surface area contributed by atoms with Crippen molar-refractivity contribution in [2.45, 2.75) is 43.8 Å². The van der Waals surface area contributed by atoms with Crippen molar-refractivity contribution >= 4 is 40.6 Å². The molecule has 0 unspecified atom stereocenters. The van der Waals surface area contributed by atoms with Gasteiger partial charge in [0, 0.05) is 5.92 Å². The van der Waals surface area contributed by atoms with Gasteiger partial charge in [0.2, 0.25) is 3.79 Å². The fourth-order valence-corrected chi connectivity index (χ4v) is 3.11. The smallest absolute Gasteiger partial charge is 0.249 e. The van der Waals surface area contributed by atoms with E-state index in [1.807, 2.05) is 0 Å². The molecule has 0 amide bonds. The molecule has 1 nitrogen and oxygen atoms in total. The van der Waals surface area contributed by atoms with Crippen LogP contribution in [0.2, 0.25) is 0 Å². The van der Waals surface area contributed by atoms with E-state index in [0.717, 1.165) is 19.3 Å². The summed E-state index contributed by atoms with van der Waals surface area (Å²) in [6.07, 6.45) is 3.22. The van der Waals surface area contributed by atoms with Crippen LogP contribution in [0.1, 0.15) is 40.0 Å². The van der Waals surface area contributed by atoms with Crippen LogP contribution in [0.25, 0.3) is 0 Å². The van der Waals surface area contributed by atoms with Crippen LogP contribution in [0.4, 0.5) is 0 Å². The van der Waals surface area contributed by atoms with Gasteiger partial charge in [-0.1, -0.05) is 62.0 Å². The molecule has 1 aliphatic carbocycles. The number of hydrogen-bond acceptors (Lipinski definition) is 1. The van der Waals surface area contributed by atoms with Gasteiger partial charge in [-0.3, -0.25) is 4.79 Å². The average Bonchev–Trinajstić information content (AvgIpc) is 1.99. The van der Waals surface area contributed by atoms with E-state index in [4.69, 9.17) is 34.8 Å². The van der Waals surface area contributed by atoms with Gasteiger partial charge in [0.1, 0.15) is 0 Å². The van der Waals surface area contributed by atoms with E-state index in [0.29, 0.717) is 5.92 Å². The van der Waals surface area contributed by atoms with Crippen molar-refractivity contribution in [3.8, 4) is 0 Å². The summed E-state index contributed by atoms with van der Waals surface area (Å²) in [6, 6.07) is 0. The Hall–Kier alpha value is 0.540. The van der Waals surface area contributed by atoms with Gasteiger partial charge in [0.15, 0.2) is 5.78 Å². The quantitative estimate of drug-likeness (QED) is 0.647. The van der Waals surface area contributed by atoms with Gasteiger partial charge in [0.25, 0.3) is 0 Å². The molecule has 88 valence electrons. The minimum atomic E-state index is -1.77. The highest BCUT2D eigenvalue weighted by molar-refractivity contribution is 6.76. The van der Waals surface area contributed by atoms with Crippen LogP contribution in [0, 0.1) is 17.3 Å². The van der Waals surface area contributed by atoms with Gasteiger partial charge < -0.3 is 0 Å². The molecule has 1 aliphatic rings. The molecule has 0 radical (unpaired) electrons. The van der Waals surface area contributed by atoms with Crippen molar-refractivity contribution in [2.75, 3.05) is 0 Å². The van der Waals surface area contributed by atoms with E-state index >= 15 is 0 Å². The maximum atomic E-state index is 12.0. The van der Waals surface area contributed by atoms with Crippen LogP contribution in [0.15, 0.2) is 0 Å². The second kappa shape index (κ2) is 4.43. The standard InChI is InChI=1S/C11H17Cl3O/c1-7-5-4-6-10(2,3)8(7)9(15)11(12,13)14/h7-8H,4-6H2,1-3H3/t7-,8-/m0/s1. The van der Waals surface area contributed by atoms with Crippen molar-refractivity contribution in [2.24, 2.45) is 17.3 Å². The molecule has 0 saturated heterocycles. The Morgan fingerprint density at radius 1 is 1.33 bits per heavy atom. The Morgan fingerprint density at radius 2 is 1.87 bits per heavy atom. The molecule has 0 aromatic heterocycles. The molecule has 0 aliphatic heterocycles. The van der Waals surface area contributed by atoms with Crippen LogP contribution in [-0.2, 0) is 4.79 Å². The lowest BCUT2D eigenvalue weighted by Gasteiger charge is -2.42.